The second kappa shape index (κ2) is 6.92. The van der Waals surface area contributed by atoms with E-state index in [9.17, 15) is 4.79 Å². The summed E-state index contributed by atoms with van der Waals surface area (Å²) in [6.45, 7) is 11.1. The van der Waals surface area contributed by atoms with Crippen LogP contribution in [0.3, 0.4) is 0 Å². The van der Waals surface area contributed by atoms with Crippen LogP contribution >= 0.6 is 0 Å². The summed E-state index contributed by atoms with van der Waals surface area (Å²) in [7, 11) is 0.649. The van der Waals surface area contributed by atoms with Gasteiger partial charge in [0.05, 0.1) is 12.7 Å². The van der Waals surface area contributed by atoms with Gasteiger partial charge in [-0.1, -0.05) is 39.0 Å². The molecular weight excluding hydrogens is 356 g/mol. The number of nitrogen functional groups attached to an aromatic ring is 1. The Morgan fingerprint density at radius 2 is 1.74 bits per heavy atom. The molecule has 0 unspecified atom stereocenters. The maximum Gasteiger partial charge on any atom is 0.274 e. The number of nitrogens with two attached hydrogens (primary N) is 1. The molecule has 1 aliphatic rings. The highest BCUT2D eigenvalue weighted by Crippen LogP contribution is 2.46. The Bertz CT molecular complexity index is 901. The van der Waals surface area contributed by atoms with Gasteiger partial charge < -0.3 is 20.2 Å². The maximum atomic E-state index is 12.2. The second-order valence-electron chi connectivity index (χ2n) is 8.02. The molecule has 1 amide bonds. The zero-order valence-electron chi connectivity index (χ0n) is 16.8. The number of anilines is 1. The first-order valence-electron chi connectivity index (χ1n) is 9.04. The first kappa shape index (κ1) is 19.3. The van der Waals surface area contributed by atoms with Crippen LogP contribution in [0.25, 0.3) is 11.1 Å². The number of hydrogen-bond acceptors (Lipinski definition) is 4. The minimum absolute atomic E-state index is 0.0864. The van der Waals surface area contributed by atoms with Crippen molar-refractivity contribution < 1.29 is 14.0 Å². The second-order valence-corrected chi connectivity index (χ2v) is 10.0. The molecule has 0 spiro atoms. The number of hydrogen-bond donors (Lipinski definition) is 2. The lowest BCUT2D eigenvalue weighted by molar-refractivity contribution is 0.0966. The molecule has 0 saturated heterocycles. The van der Waals surface area contributed by atoms with Gasteiger partial charge >= 0.3 is 0 Å². The van der Waals surface area contributed by atoms with Crippen molar-refractivity contribution in [2.24, 2.45) is 0 Å². The molecular formula is C21H27N2O3Si. The predicted octanol–water partition coefficient (Wildman–Crippen LogP) is 4.12. The summed E-state index contributed by atoms with van der Waals surface area (Å²) in [5.74, 6) is 1.38. The highest BCUT2D eigenvalue weighted by molar-refractivity contribution is 6.49. The van der Waals surface area contributed by atoms with E-state index in [1.54, 1.807) is 13.2 Å². The van der Waals surface area contributed by atoms with E-state index in [1.165, 1.54) is 0 Å². The molecule has 0 saturated carbocycles. The first-order chi connectivity index (χ1) is 12.6. The number of methoxy groups -OCH3 is 1. The van der Waals surface area contributed by atoms with E-state index >= 15 is 0 Å². The third kappa shape index (κ3) is 3.41. The Balaban J connectivity index is 2.30. The third-order valence-corrected chi connectivity index (χ3v) is 5.33. The molecule has 3 N–H and O–H groups in total. The number of benzene rings is 2. The lowest BCUT2D eigenvalue weighted by Crippen LogP contribution is -2.17. The largest absolute Gasteiger partial charge is 0.540 e. The number of carbonyl (C=O) groups excluding carboxylic acids is 1. The monoisotopic (exact) mass is 383 g/mol. The molecule has 1 aliphatic heterocycles. The zero-order valence-corrected chi connectivity index (χ0v) is 17.8. The van der Waals surface area contributed by atoms with E-state index in [-0.39, 0.29) is 11.3 Å². The fraction of sp³-hybridized carbons (Fsp3) is 0.381. The SMILES string of the molecule is COc1c(C(C)(C)C)ccc(-c2ccc(N)c3c2CNC3=O)c1O[Si](C)C. The Kier molecular flexibility index (Phi) is 4.95. The van der Waals surface area contributed by atoms with Crippen molar-refractivity contribution in [2.45, 2.75) is 45.8 Å². The zero-order chi connectivity index (χ0) is 19.9. The number of carbonyl (C=O) groups is 1. The molecule has 0 aliphatic carbocycles. The summed E-state index contributed by atoms with van der Waals surface area (Å²) in [5.41, 5.74) is 10.9. The van der Waals surface area contributed by atoms with Gasteiger partial charge in [0.15, 0.2) is 11.5 Å². The molecule has 5 nitrogen and oxygen atoms in total. The van der Waals surface area contributed by atoms with Crippen LogP contribution in [-0.2, 0) is 12.0 Å². The number of ether oxygens (including phenoxy) is 1. The maximum absolute atomic E-state index is 12.2. The van der Waals surface area contributed by atoms with E-state index in [2.05, 4.69) is 51.3 Å². The highest BCUT2D eigenvalue weighted by Gasteiger charge is 2.29. The summed E-state index contributed by atoms with van der Waals surface area (Å²) < 4.78 is 12.1. The molecule has 143 valence electrons. The fourth-order valence-electron chi connectivity index (χ4n) is 3.50. The van der Waals surface area contributed by atoms with Crippen molar-refractivity contribution in [3.8, 4) is 22.6 Å². The molecule has 27 heavy (non-hydrogen) atoms. The average Bonchev–Trinajstić information content (AvgIpc) is 2.96. The Morgan fingerprint density at radius 3 is 2.33 bits per heavy atom. The van der Waals surface area contributed by atoms with Crippen LogP contribution in [0.2, 0.25) is 13.1 Å². The van der Waals surface area contributed by atoms with Crippen molar-refractivity contribution in [3.05, 3.63) is 41.0 Å². The van der Waals surface area contributed by atoms with Gasteiger partial charge in [0.25, 0.3) is 14.9 Å². The van der Waals surface area contributed by atoms with Gasteiger partial charge in [-0.3, -0.25) is 4.79 Å². The van der Waals surface area contributed by atoms with Crippen LogP contribution in [0.5, 0.6) is 11.5 Å². The van der Waals surface area contributed by atoms with Crippen molar-refractivity contribution in [1.29, 1.82) is 0 Å². The van der Waals surface area contributed by atoms with Crippen molar-refractivity contribution in [2.75, 3.05) is 12.8 Å². The number of nitrogens with one attached hydrogen (secondary N) is 1. The molecule has 0 bridgehead atoms. The van der Waals surface area contributed by atoms with Gasteiger partial charge in [-0.2, -0.15) is 0 Å². The van der Waals surface area contributed by atoms with Crippen molar-refractivity contribution in [3.63, 3.8) is 0 Å². The van der Waals surface area contributed by atoms with E-state index in [0.717, 1.165) is 33.8 Å². The summed E-state index contributed by atoms with van der Waals surface area (Å²) in [5, 5.41) is 2.88. The van der Waals surface area contributed by atoms with Gasteiger partial charge in [-0.05, 0) is 35.7 Å². The smallest absolute Gasteiger partial charge is 0.274 e. The predicted molar refractivity (Wildman–Crippen MR) is 111 cm³/mol. The standard InChI is InChI=1S/C21H27N2O3Si/c1-21(2,3)15-9-7-13(18(19(15)25-4)26-27(5)6)12-8-10-16(22)17-14(12)11-23-20(17)24/h7-10H,11,22H2,1-6H3,(H,23,24). The van der Waals surface area contributed by atoms with Crippen LogP contribution in [0, 0.1) is 0 Å². The van der Waals surface area contributed by atoms with E-state index in [0.29, 0.717) is 17.8 Å². The molecule has 1 heterocycles. The Hall–Kier alpha value is -2.47. The van der Waals surface area contributed by atoms with Crippen LogP contribution in [-0.4, -0.2) is 22.1 Å². The van der Waals surface area contributed by atoms with Crippen molar-refractivity contribution >= 4 is 20.6 Å². The fourth-order valence-corrected chi connectivity index (χ4v) is 4.11. The number of fused-ring (bicyclic) bond motifs is 1. The highest BCUT2D eigenvalue weighted by atomic mass is 28.3. The normalized spacial score (nSPS) is 13.5. The molecule has 0 fully saturated rings. The number of amides is 1. The molecule has 2 aromatic carbocycles. The topological polar surface area (TPSA) is 73.6 Å². The molecule has 2 aromatic rings. The van der Waals surface area contributed by atoms with Crippen LogP contribution in [0.15, 0.2) is 24.3 Å². The van der Waals surface area contributed by atoms with E-state index < -0.39 is 9.04 Å². The molecule has 1 radical (unpaired) electrons. The molecule has 0 aromatic heterocycles. The quantitative estimate of drug-likeness (QED) is 0.615. The third-order valence-electron chi connectivity index (χ3n) is 4.72. The van der Waals surface area contributed by atoms with Crippen LogP contribution < -0.4 is 20.2 Å². The summed E-state index contributed by atoms with van der Waals surface area (Å²) in [6, 6.07) is 7.91. The summed E-state index contributed by atoms with van der Waals surface area (Å²) in [6.07, 6.45) is 0. The molecule has 6 heteroatoms. The lowest BCUT2D eigenvalue weighted by atomic mass is 9.84. The van der Waals surface area contributed by atoms with Gasteiger partial charge in [0.1, 0.15) is 0 Å². The first-order valence-corrected chi connectivity index (χ1v) is 11.5. The van der Waals surface area contributed by atoms with Crippen molar-refractivity contribution in [1.82, 2.24) is 5.32 Å². The van der Waals surface area contributed by atoms with Gasteiger partial charge in [-0.25, -0.2) is 0 Å². The average molecular weight is 384 g/mol. The van der Waals surface area contributed by atoms with Crippen LogP contribution in [0.1, 0.15) is 42.3 Å². The Labute approximate surface area is 162 Å². The number of rotatable bonds is 4. The lowest BCUT2D eigenvalue weighted by Gasteiger charge is -2.27. The molecule has 0 atom stereocenters. The minimum atomic E-state index is -1.03. The van der Waals surface area contributed by atoms with Gasteiger partial charge in [0, 0.05) is 23.4 Å². The van der Waals surface area contributed by atoms with Gasteiger partial charge in [0.2, 0.25) is 0 Å². The van der Waals surface area contributed by atoms with Gasteiger partial charge in [-0.15, -0.1) is 0 Å². The molecule has 3 rings (SSSR count). The van der Waals surface area contributed by atoms with E-state index in [4.69, 9.17) is 14.9 Å². The summed E-state index contributed by atoms with van der Waals surface area (Å²) >= 11 is 0. The van der Waals surface area contributed by atoms with Crippen LogP contribution in [0.4, 0.5) is 5.69 Å². The Morgan fingerprint density at radius 1 is 1.07 bits per heavy atom. The minimum Gasteiger partial charge on any atom is -0.540 e. The summed E-state index contributed by atoms with van der Waals surface area (Å²) in [4.78, 5) is 12.2. The van der Waals surface area contributed by atoms with E-state index in [1.807, 2.05) is 6.07 Å².